The number of aliphatic hydroxyl groups is 4. The Morgan fingerprint density at radius 3 is 2.46 bits per heavy atom. The van der Waals surface area contributed by atoms with Crippen molar-refractivity contribution in [1.29, 1.82) is 0 Å². The number of nitrogens with one attached hydrogen (secondary N) is 2. The van der Waals surface area contributed by atoms with Crippen LogP contribution < -0.4 is 10.6 Å². The molecule has 0 aromatic rings. The number of dihydropyridines is 2. The average Bonchev–Trinajstić information content (AvgIpc) is 2.58. The Hall–Kier alpha value is -1.22. The van der Waals surface area contributed by atoms with Gasteiger partial charge in [0, 0.05) is 35.4 Å². The van der Waals surface area contributed by atoms with Gasteiger partial charge in [-0.1, -0.05) is 21.6 Å². The van der Waals surface area contributed by atoms with Gasteiger partial charge in [0.05, 0.1) is 25.0 Å². The van der Waals surface area contributed by atoms with Crippen LogP contribution in [0.15, 0.2) is 45.7 Å². The highest BCUT2D eigenvalue weighted by Crippen LogP contribution is 2.32. The summed E-state index contributed by atoms with van der Waals surface area (Å²) in [6.07, 6.45) is 1.84. The van der Waals surface area contributed by atoms with Crippen molar-refractivity contribution < 1.29 is 20.4 Å². The van der Waals surface area contributed by atoms with Crippen molar-refractivity contribution >= 4 is 21.6 Å². The minimum atomic E-state index is -0.184. The SMILES string of the molecule is CC1=C(O)C(CO)=C(CSSCC2=CNC(C)C(O)=C2CO)CN1. The highest BCUT2D eigenvalue weighted by Gasteiger charge is 2.21. The average molecular weight is 373 g/mol. The van der Waals surface area contributed by atoms with E-state index in [9.17, 15) is 20.4 Å². The fourth-order valence-electron chi connectivity index (χ4n) is 2.50. The molecule has 2 aliphatic heterocycles. The van der Waals surface area contributed by atoms with Crippen LogP contribution >= 0.6 is 21.6 Å². The first-order valence-electron chi connectivity index (χ1n) is 7.68. The van der Waals surface area contributed by atoms with Crippen LogP contribution in [0.5, 0.6) is 0 Å². The Morgan fingerprint density at radius 1 is 1.12 bits per heavy atom. The van der Waals surface area contributed by atoms with Gasteiger partial charge in [0.2, 0.25) is 0 Å². The van der Waals surface area contributed by atoms with Crippen molar-refractivity contribution in [3.63, 3.8) is 0 Å². The van der Waals surface area contributed by atoms with Crippen molar-refractivity contribution in [1.82, 2.24) is 10.6 Å². The molecule has 0 spiro atoms. The second kappa shape index (κ2) is 8.75. The molecule has 0 aliphatic carbocycles. The minimum Gasteiger partial charge on any atom is -0.510 e. The van der Waals surface area contributed by atoms with Gasteiger partial charge in [-0.2, -0.15) is 0 Å². The molecule has 0 bridgehead atoms. The molecule has 0 aromatic heterocycles. The predicted octanol–water partition coefficient (Wildman–Crippen LogP) is 1.73. The zero-order valence-corrected chi connectivity index (χ0v) is 15.4. The van der Waals surface area contributed by atoms with Gasteiger partial charge in [0.15, 0.2) is 0 Å². The van der Waals surface area contributed by atoms with Crippen molar-refractivity contribution in [2.24, 2.45) is 0 Å². The van der Waals surface area contributed by atoms with E-state index in [1.165, 1.54) is 0 Å². The standard InChI is InChI=1S/C16H24N2O4S2/c1-9-15(21)13(5-19)11(3-17-9)7-23-24-8-12-4-18-10(2)16(22)14(12)6-20/h3,9,17-22H,4-8H2,1-2H3. The van der Waals surface area contributed by atoms with E-state index in [0.29, 0.717) is 34.9 Å². The lowest BCUT2D eigenvalue weighted by atomic mass is 10.0. The first-order chi connectivity index (χ1) is 11.5. The zero-order chi connectivity index (χ0) is 17.7. The molecule has 2 aliphatic rings. The van der Waals surface area contributed by atoms with Crippen LogP contribution in [0.1, 0.15) is 13.8 Å². The van der Waals surface area contributed by atoms with Crippen LogP contribution in [0.25, 0.3) is 0 Å². The molecule has 1 unspecified atom stereocenters. The molecular weight excluding hydrogens is 348 g/mol. The third-order valence-electron chi connectivity index (χ3n) is 4.10. The van der Waals surface area contributed by atoms with Crippen LogP contribution in [-0.2, 0) is 0 Å². The molecule has 8 heteroatoms. The van der Waals surface area contributed by atoms with Gasteiger partial charge in [0.1, 0.15) is 11.5 Å². The topological polar surface area (TPSA) is 105 Å². The lowest BCUT2D eigenvalue weighted by Crippen LogP contribution is -2.30. The fraction of sp³-hybridized carbons (Fsp3) is 0.500. The maximum absolute atomic E-state index is 10.0. The summed E-state index contributed by atoms with van der Waals surface area (Å²) in [5, 5.41) is 45.1. The van der Waals surface area contributed by atoms with E-state index in [4.69, 9.17) is 0 Å². The summed E-state index contributed by atoms with van der Waals surface area (Å²) in [6, 6.07) is -0.183. The first-order valence-corrected chi connectivity index (χ1v) is 10.2. The molecule has 2 heterocycles. The van der Waals surface area contributed by atoms with Crippen molar-refractivity contribution in [3.8, 4) is 0 Å². The van der Waals surface area contributed by atoms with E-state index in [0.717, 1.165) is 11.1 Å². The summed E-state index contributed by atoms with van der Waals surface area (Å²) in [5.74, 6) is 1.63. The molecule has 2 rings (SSSR count). The van der Waals surface area contributed by atoms with Gasteiger partial charge in [-0.15, -0.1) is 0 Å². The molecule has 134 valence electrons. The lowest BCUT2D eigenvalue weighted by molar-refractivity contribution is 0.300. The van der Waals surface area contributed by atoms with Crippen molar-refractivity contribution in [3.05, 3.63) is 45.7 Å². The van der Waals surface area contributed by atoms with Gasteiger partial charge in [-0.25, -0.2) is 0 Å². The Morgan fingerprint density at radius 2 is 1.79 bits per heavy atom. The number of rotatable bonds is 7. The lowest BCUT2D eigenvalue weighted by Gasteiger charge is -2.24. The third kappa shape index (κ3) is 4.24. The summed E-state index contributed by atoms with van der Waals surface area (Å²) in [7, 11) is 3.21. The van der Waals surface area contributed by atoms with Crippen LogP contribution in [0, 0.1) is 0 Å². The predicted molar refractivity (Wildman–Crippen MR) is 99.8 cm³/mol. The number of hydrogen-bond donors (Lipinski definition) is 6. The zero-order valence-electron chi connectivity index (χ0n) is 13.8. The van der Waals surface area contributed by atoms with E-state index < -0.39 is 0 Å². The van der Waals surface area contributed by atoms with Crippen LogP contribution in [0.4, 0.5) is 0 Å². The first kappa shape index (κ1) is 19.1. The van der Waals surface area contributed by atoms with Crippen molar-refractivity contribution in [2.75, 3.05) is 31.3 Å². The largest absolute Gasteiger partial charge is 0.510 e. The van der Waals surface area contributed by atoms with E-state index in [1.807, 2.05) is 13.1 Å². The Bertz CT molecular complexity index is 611. The summed E-state index contributed by atoms with van der Waals surface area (Å²) in [4.78, 5) is 0. The van der Waals surface area contributed by atoms with E-state index >= 15 is 0 Å². The maximum atomic E-state index is 10.0. The summed E-state index contributed by atoms with van der Waals surface area (Å²) >= 11 is 0. The van der Waals surface area contributed by atoms with Gasteiger partial charge in [0.25, 0.3) is 0 Å². The summed E-state index contributed by atoms with van der Waals surface area (Å²) in [5.41, 5.74) is 3.72. The number of aliphatic hydroxyl groups excluding tert-OH is 4. The van der Waals surface area contributed by atoms with Gasteiger partial charge in [-0.3, -0.25) is 0 Å². The molecule has 0 amide bonds. The highest BCUT2D eigenvalue weighted by atomic mass is 33.1. The van der Waals surface area contributed by atoms with Crippen LogP contribution in [-0.4, -0.2) is 57.7 Å². The van der Waals surface area contributed by atoms with E-state index in [1.54, 1.807) is 28.5 Å². The minimum absolute atomic E-state index is 0.132. The monoisotopic (exact) mass is 372 g/mol. The van der Waals surface area contributed by atoms with Crippen LogP contribution in [0.3, 0.4) is 0 Å². The van der Waals surface area contributed by atoms with Gasteiger partial charge in [-0.05, 0) is 25.0 Å². The number of allylic oxidation sites excluding steroid dienone is 1. The molecule has 0 radical (unpaired) electrons. The third-order valence-corrected chi connectivity index (χ3v) is 6.37. The van der Waals surface area contributed by atoms with Crippen molar-refractivity contribution in [2.45, 2.75) is 19.9 Å². The normalized spacial score (nSPS) is 21.7. The Kier molecular flexibility index (Phi) is 6.97. The highest BCUT2D eigenvalue weighted by molar-refractivity contribution is 8.76. The molecular formula is C16H24N2O4S2. The summed E-state index contributed by atoms with van der Waals surface area (Å²) < 4.78 is 0. The quantitative estimate of drug-likeness (QED) is 0.297. The second-order valence-corrected chi connectivity index (χ2v) is 8.13. The Labute approximate surface area is 149 Å². The van der Waals surface area contributed by atoms with E-state index in [2.05, 4.69) is 10.6 Å². The van der Waals surface area contributed by atoms with Gasteiger partial charge >= 0.3 is 0 Å². The molecule has 6 N–H and O–H groups in total. The molecule has 6 nitrogen and oxygen atoms in total. The molecule has 0 aromatic carbocycles. The van der Waals surface area contributed by atoms with E-state index in [-0.39, 0.29) is 30.8 Å². The second-order valence-electron chi connectivity index (χ2n) is 5.67. The summed E-state index contributed by atoms with van der Waals surface area (Å²) in [6.45, 7) is 3.87. The van der Waals surface area contributed by atoms with Crippen LogP contribution in [0.2, 0.25) is 0 Å². The fourth-order valence-corrected chi connectivity index (χ4v) is 4.77. The molecule has 1 atom stereocenters. The molecule has 0 saturated heterocycles. The molecule has 0 fully saturated rings. The molecule has 24 heavy (non-hydrogen) atoms. The number of hydrogen-bond acceptors (Lipinski definition) is 8. The molecule has 0 saturated carbocycles. The Balaban J connectivity index is 1.91. The van der Waals surface area contributed by atoms with Gasteiger partial charge < -0.3 is 31.1 Å². The smallest absolute Gasteiger partial charge is 0.139 e. The maximum Gasteiger partial charge on any atom is 0.139 e.